The van der Waals surface area contributed by atoms with Crippen molar-refractivity contribution >= 4 is 29.3 Å². The number of benzene rings is 2. The van der Waals surface area contributed by atoms with Gasteiger partial charge < -0.3 is 20.2 Å². The maximum atomic E-state index is 14.6. The van der Waals surface area contributed by atoms with E-state index in [0.29, 0.717) is 25.7 Å². The van der Waals surface area contributed by atoms with Crippen LogP contribution in [-0.4, -0.2) is 27.2 Å². The summed E-state index contributed by atoms with van der Waals surface area (Å²) in [7, 11) is 0. The second kappa shape index (κ2) is 9.31. The van der Waals surface area contributed by atoms with Gasteiger partial charge >= 0.3 is 23.8 Å². The van der Waals surface area contributed by atoms with Crippen molar-refractivity contribution in [3.05, 3.63) is 65.3 Å². The molecule has 1 heterocycles. The molecule has 0 bridgehead atoms. The Balaban J connectivity index is 1.38. The monoisotopic (exact) mass is 460 g/mol. The minimum absolute atomic E-state index is 0.0562. The van der Waals surface area contributed by atoms with E-state index in [2.05, 4.69) is 20.8 Å². The standard InChI is InChI=1S/C22H19F3N4O4/c23-15-7-6-14(10-16(15)24)26-22-29-28-20(33-22)19(30)27-18-8-5-13(9-17(18)25)11-1-3-12(4-2-11)21(31)32/h5-12H,1-4H2,(H,26,29)(H,27,30)(H,31,32). The summed E-state index contributed by atoms with van der Waals surface area (Å²) in [6.45, 7) is 0. The van der Waals surface area contributed by atoms with E-state index in [0.717, 1.165) is 17.7 Å². The number of hydrogen-bond acceptors (Lipinski definition) is 6. The Morgan fingerprint density at radius 2 is 1.70 bits per heavy atom. The van der Waals surface area contributed by atoms with E-state index in [1.807, 2.05) is 0 Å². The predicted molar refractivity (Wildman–Crippen MR) is 111 cm³/mol. The Hall–Kier alpha value is -3.89. The molecule has 4 rings (SSSR count). The fourth-order valence-electron chi connectivity index (χ4n) is 3.80. The van der Waals surface area contributed by atoms with Crippen LogP contribution in [-0.2, 0) is 4.79 Å². The summed E-state index contributed by atoms with van der Waals surface area (Å²) >= 11 is 0. The minimum atomic E-state index is -1.08. The van der Waals surface area contributed by atoms with Crippen LogP contribution in [0.2, 0.25) is 0 Å². The van der Waals surface area contributed by atoms with Gasteiger partial charge in [0.15, 0.2) is 11.6 Å². The van der Waals surface area contributed by atoms with Crippen molar-refractivity contribution in [3.63, 3.8) is 0 Å². The zero-order valence-electron chi connectivity index (χ0n) is 17.1. The summed E-state index contributed by atoms with van der Waals surface area (Å²) < 4.78 is 46.0. The van der Waals surface area contributed by atoms with Crippen LogP contribution in [0.5, 0.6) is 0 Å². The van der Waals surface area contributed by atoms with Gasteiger partial charge in [-0.15, -0.1) is 5.10 Å². The average Bonchev–Trinajstić information content (AvgIpc) is 3.26. The van der Waals surface area contributed by atoms with Gasteiger partial charge in [0.05, 0.1) is 11.6 Å². The van der Waals surface area contributed by atoms with Gasteiger partial charge in [0, 0.05) is 11.8 Å². The third-order valence-corrected chi connectivity index (χ3v) is 5.58. The normalized spacial score (nSPS) is 18.0. The lowest BCUT2D eigenvalue weighted by molar-refractivity contribution is -0.142. The number of hydrogen-bond donors (Lipinski definition) is 3. The number of carbonyl (C=O) groups is 2. The van der Waals surface area contributed by atoms with Crippen molar-refractivity contribution < 1.29 is 32.3 Å². The van der Waals surface area contributed by atoms with E-state index in [-0.39, 0.29) is 29.2 Å². The number of carboxylic acid groups (broad SMARTS) is 1. The molecule has 0 radical (unpaired) electrons. The number of aliphatic carboxylic acids is 1. The van der Waals surface area contributed by atoms with Crippen molar-refractivity contribution in [1.29, 1.82) is 0 Å². The number of nitrogens with one attached hydrogen (secondary N) is 2. The molecule has 11 heteroatoms. The number of halogens is 3. The average molecular weight is 460 g/mol. The molecule has 1 aliphatic carbocycles. The van der Waals surface area contributed by atoms with Crippen LogP contribution in [0, 0.1) is 23.4 Å². The Bertz CT molecular complexity index is 1190. The maximum absolute atomic E-state index is 14.6. The molecule has 3 aromatic rings. The first-order valence-electron chi connectivity index (χ1n) is 10.2. The molecule has 0 unspecified atom stereocenters. The molecule has 8 nitrogen and oxygen atoms in total. The second-order valence-corrected chi connectivity index (χ2v) is 7.75. The first-order chi connectivity index (χ1) is 15.8. The van der Waals surface area contributed by atoms with Gasteiger partial charge in [0.1, 0.15) is 5.82 Å². The predicted octanol–water partition coefficient (Wildman–Crippen LogP) is 4.84. The molecule has 0 atom stereocenters. The van der Waals surface area contributed by atoms with Gasteiger partial charge in [-0.05, 0) is 61.4 Å². The number of carbonyl (C=O) groups excluding carboxylic acids is 1. The number of carboxylic acids is 1. The summed E-state index contributed by atoms with van der Waals surface area (Å²) in [5.74, 6) is -5.17. The Morgan fingerprint density at radius 1 is 0.939 bits per heavy atom. The summed E-state index contributed by atoms with van der Waals surface area (Å²) in [6, 6.07) is 7.23. The highest BCUT2D eigenvalue weighted by Gasteiger charge is 2.27. The molecule has 0 spiro atoms. The van der Waals surface area contributed by atoms with E-state index in [9.17, 15) is 22.8 Å². The highest BCUT2D eigenvalue weighted by molar-refractivity contribution is 6.01. The molecule has 1 aliphatic rings. The first kappa shape index (κ1) is 22.3. The third-order valence-electron chi connectivity index (χ3n) is 5.58. The van der Waals surface area contributed by atoms with Crippen LogP contribution in [0.25, 0.3) is 0 Å². The fraction of sp³-hybridized carbons (Fsp3) is 0.273. The molecule has 172 valence electrons. The first-order valence-corrected chi connectivity index (χ1v) is 10.2. The highest BCUT2D eigenvalue weighted by Crippen LogP contribution is 2.36. The Morgan fingerprint density at radius 3 is 2.36 bits per heavy atom. The molecular formula is C22H19F3N4O4. The molecular weight excluding hydrogens is 441 g/mol. The Kier molecular flexibility index (Phi) is 6.29. The van der Waals surface area contributed by atoms with Gasteiger partial charge in [0.25, 0.3) is 0 Å². The van der Waals surface area contributed by atoms with Crippen molar-refractivity contribution in [2.24, 2.45) is 5.92 Å². The van der Waals surface area contributed by atoms with Gasteiger partial charge in [0.2, 0.25) is 0 Å². The number of anilines is 3. The molecule has 1 amide bonds. The smallest absolute Gasteiger partial charge is 0.320 e. The number of rotatable bonds is 6. The van der Waals surface area contributed by atoms with Crippen LogP contribution in [0.3, 0.4) is 0 Å². The fourth-order valence-corrected chi connectivity index (χ4v) is 3.80. The molecule has 0 saturated heterocycles. The largest absolute Gasteiger partial charge is 0.481 e. The zero-order chi connectivity index (χ0) is 23.5. The summed E-state index contributed by atoms with van der Waals surface area (Å²) in [6.07, 6.45) is 2.38. The van der Waals surface area contributed by atoms with Crippen molar-refractivity contribution in [2.75, 3.05) is 10.6 Å². The van der Waals surface area contributed by atoms with Crippen molar-refractivity contribution in [1.82, 2.24) is 10.2 Å². The van der Waals surface area contributed by atoms with Crippen LogP contribution in [0.1, 0.15) is 47.8 Å². The lowest BCUT2D eigenvalue weighted by Crippen LogP contribution is -2.20. The molecule has 3 N–H and O–H groups in total. The molecule has 2 aromatic carbocycles. The quantitative estimate of drug-likeness (QED) is 0.482. The molecule has 33 heavy (non-hydrogen) atoms. The SMILES string of the molecule is O=C(Nc1ccc(C2CCC(C(=O)O)CC2)cc1F)c1nnc(Nc2ccc(F)c(F)c2)o1. The van der Waals surface area contributed by atoms with Crippen LogP contribution < -0.4 is 10.6 Å². The molecule has 1 aromatic heterocycles. The lowest BCUT2D eigenvalue weighted by Gasteiger charge is -2.26. The Labute approximate surface area is 185 Å². The van der Waals surface area contributed by atoms with Crippen molar-refractivity contribution in [2.45, 2.75) is 31.6 Å². The second-order valence-electron chi connectivity index (χ2n) is 7.75. The van der Waals surface area contributed by atoms with Crippen LogP contribution in [0.4, 0.5) is 30.6 Å². The van der Waals surface area contributed by atoms with Gasteiger partial charge in [-0.3, -0.25) is 9.59 Å². The van der Waals surface area contributed by atoms with Crippen LogP contribution in [0.15, 0.2) is 40.8 Å². The van der Waals surface area contributed by atoms with Crippen LogP contribution >= 0.6 is 0 Å². The number of nitrogens with zero attached hydrogens (tertiary/aromatic N) is 2. The third kappa shape index (κ3) is 5.13. The number of aromatic nitrogens is 2. The minimum Gasteiger partial charge on any atom is -0.481 e. The van der Waals surface area contributed by atoms with E-state index in [1.165, 1.54) is 18.2 Å². The van der Waals surface area contributed by atoms with Crippen molar-refractivity contribution in [3.8, 4) is 0 Å². The highest BCUT2D eigenvalue weighted by atomic mass is 19.2. The lowest BCUT2D eigenvalue weighted by atomic mass is 9.79. The van der Waals surface area contributed by atoms with E-state index >= 15 is 0 Å². The maximum Gasteiger partial charge on any atom is 0.320 e. The zero-order valence-corrected chi connectivity index (χ0v) is 17.1. The number of amides is 1. The topological polar surface area (TPSA) is 117 Å². The molecule has 1 fully saturated rings. The van der Waals surface area contributed by atoms with Gasteiger partial charge in [-0.25, -0.2) is 13.2 Å². The van der Waals surface area contributed by atoms with E-state index < -0.39 is 35.2 Å². The summed E-state index contributed by atoms with van der Waals surface area (Å²) in [4.78, 5) is 23.4. The van der Waals surface area contributed by atoms with Gasteiger partial charge in [-0.2, -0.15) is 0 Å². The van der Waals surface area contributed by atoms with E-state index in [4.69, 9.17) is 9.52 Å². The van der Waals surface area contributed by atoms with E-state index in [1.54, 1.807) is 6.07 Å². The summed E-state index contributed by atoms with van der Waals surface area (Å²) in [5, 5.41) is 21.1. The summed E-state index contributed by atoms with van der Waals surface area (Å²) in [5.41, 5.74) is 0.782. The molecule has 1 saturated carbocycles. The van der Waals surface area contributed by atoms with Gasteiger partial charge in [-0.1, -0.05) is 11.2 Å². The molecule has 0 aliphatic heterocycles.